The number of rotatable bonds is 2. The molecule has 0 aromatic heterocycles. The Bertz CT molecular complexity index is 468. The van der Waals surface area contributed by atoms with Crippen LogP contribution in [0.15, 0.2) is 8.59 Å². The molecule has 1 aliphatic rings. The molecule has 1 unspecified atom stereocenters. The Balaban J connectivity index is 3.69. The number of allylic oxidation sites excluding steroid dienone is 1. The van der Waals surface area contributed by atoms with Crippen molar-refractivity contribution in [3.05, 3.63) is 8.59 Å². The third kappa shape index (κ3) is 3.12. The van der Waals surface area contributed by atoms with Gasteiger partial charge >= 0.3 is 0 Å². The van der Waals surface area contributed by atoms with Gasteiger partial charge in [-0.15, -0.1) is 61.2 Å². The first-order valence-electron chi connectivity index (χ1n) is 5.52. The Labute approximate surface area is 174 Å². The summed E-state index contributed by atoms with van der Waals surface area (Å²) in [7, 11) is 0. The predicted molar refractivity (Wildman–Crippen MR) is 121 cm³/mol. The van der Waals surface area contributed by atoms with Crippen molar-refractivity contribution in [2.24, 2.45) is 5.92 Å². The normalized spacial score (nSPS) is 28.4. The average molecular weight is 765 g/mol. The van der Waals surface area contributed by atoms with E-state index in [1.54, 1.807) is 0 Å². The van der Waals surface area contributed by atoms with Gasteiger partial charge < -0.3 is 0 Å². The molecule has 19 heavy (non-hydrogen) atoms. The zero-order valence-electron chi connectivity index (χ0n) is 10.7. The van der Waals surface area contributed by atoms with Gasteiger partial charge in [0.2, 0.25) is 4.83 Å². The molecule has 0 aromatic rings. The van der Waals surface area contributed by atoms with E-state index in [1.807, 2.05) is 0 Å². The van der Waals surface area contributed by atoms with Crippen LogP contribution in [0.25, 0.3) is 0 Å². The summed E-state index contributed by atoms with van der Waals surface area (Å²) in [6.07, 6.45) is 0. The summed E-state index contributed by atoms with van der Waals surface area (Å²) < 4.78 is 3.68. The van der Waals surface area contributed by atoms with Crippen LogP contribution < -0.4 is 0 Å². The fraction of sp³-hybridized carbons (Fsp3) is 0.667. The number of halogens is 7. The van der Waals surface area contributed by atoms with Crippen molar-refractivity contribution < 1.29 is 0 Å². The van der Waals surface area contributed by atoms with Gasteiger partial charge in [0.05, 0.1) is 0 Å². The Hall–Kier alpha value is 3.62. The molecule has 1 atom stereocenters. The molecule has 0 nitrogen and oxygen atoms in total. The first-order chi connectivity index (χ1) is 8.33. The molecule has 0 aliphatic carbocycles. The Morgan fingerprint density at radius 3 is 1.84 bits per heavy atom. The molecule has 1 rings (SSSR count). The molecule has 0 spiro atoms. The van der Waals surface area contributed by atoms with E-state index in [9.17, 15) is 0 Å². The first-order valence-corrected chi connectivity index (χ1v) is 24.4. The van der Waals surface area contributed by atoms with Gasteiger partial charge in [0.15, 0.2) is 5.73 Å². The maximum Gasteiger partial charge on any atom is 0.241 e. The smallest absolute Gasteiger partial charge is 0.125 e. The molecular weight excluding hydrogens is 752 g/mol. The van der Waals surface area contributed by atoms with Crippen LogP contribution in [0, 0.1) is 5.92 Å². The van der Waals surface area contributed by atoms with Crippen LogP contribution in [0.1, 0.15) is 27.7 Å². The minimum absolute atomic E-state index is 0.246. The molecule has 1 aliphatic heterocycles. The van der Waals surface area contributed by atoms with Crippen molar-refractivity contribution in [1.82, 2.24) is 0 Å². The molecule has 0 bridgehead atoms. The van der Waals surface area contributed by atoms with E-state index >= 15 is 0 Å². The topological polar surface area (TPSA) is 0 Å². The van der Waals surface area contributed by atoms with Crippen molar-refractivity contribution in [3.8, 4) is 0 Å². The summed E-state index contributed by atoms with van der Waals surface area (Å²) in [6.45, 7) is 8.57. The molecule has 0 saturated heterocycles. The third-order valence-electron chi connectivity index (χ3n) is 3.92. The minimum Gasteiger partial charge on any atom is -0.125 e. The SMILES string of the molecule is CC(C)C(C)(C)[Si]1(Br)[Si](Br)=C(Br)C(Br)=C(Br)[Si]1(Br)Br. The summed E-state index contributed by atoms with van der Waals surface area (Å²) in [6, 6.07) is 0. The molecule has 0 radical (unpaired) electrons. The Morgan fingerprint density at radius 2 is 1.47 bits per heavy atom. The van der Waals surface area contributed by atoms with Gasteiger partial charge in [0, 0.05) is 12.7 Å². The van der Waals surface area contributed by atoms with E-state index < -0.39 is 17.1 Å². The van der Waals surface area contributed by atoms with Crippen molar-refractivity contribution in [1.29, 1.82) is 0 Å². The standard InChI is InChI=1S/C9H13Br7Si3/c1-5(2)9(3,4)19(16)17(13)7(11)6(10)8(12)18(19,14)15/h5H,1-4H3. The maximum absolute atomic E-state index is 4.28. The fourth-order valence-electron chi connectivity index (χ4n) is 1.86. The zero-order chi connectivity index (χ0) is 15.4. The molecule has 0 aromatic carbocycles. The van der Waals surface area contributed by atoms with E-state index in [0.29, 0.717) is 5.92 Å². The first kappa shape index (κ1) is 20.7. The van der Waals surface area contributed by atoms with Gasteiger partial charge in [0.25, 0.3) is 0 Å². The average Bonchev–Trinajstić information content (AvgIpc) is 2.31. The quantitative estimate of drug-likeness (QED) is 0.206. The molecule has 0 amide bonds. The van der Waals surface area contributed by atoms with Crippen LogP contribution in [0.5, 0.6) is 0 Å². The van der Waals surface area contributed by atoms with Crippen LogP contribution in [-0.4, -0.2) is 21.2 Å². The summed E-state index contributed by atoms with van der Waals surface area (Å²) in [4.78, 5) is -1.94. The maximum atomic E-state index is 4.28. The second kappa shape index (κ2) is 6.86. The Kier molecular flexibility index (Phi) is 7.46. The molecule has 0 N–H and O–H groups in total. The van der Waals surface area contributed by atoms with Crippen LogP contribution in [0.2, 0.25) is 5.04 Å². The van der Waals surface area contributed by atoms with Gasteiger partial charge in [-0.05, 0) is 26.9 Å². The molecule has 10 heteroatoms. The number of hydrogen-bond acceptors (Lipinski definition) is 0. The highest BCUT2D eigenvalue weighted by atomic mass is 79.9. The van der Waals surface area contributed by atoms with Crippen molar-refractivity contribution in [2.75, 3.05) is 0 Å². The molecular formula is C9H13Br7Si3. The highest BCUT2D eigenvalue weighted by Crippen LogP contribution is 2.61. The minimum atomic E-state index is -1.94. The van der Waals surface area contributed by atoms with E-state index in [1.165, 1.54) is 8.18 Å². The van der Waals surface area contributed by atoms with Crippen molar-refractivity contribution in [2.45, 2.75) is 32.7 Å². The largest absolute Gasteiger partial charge is 0.241 e. The lowest BCUT2D eigenvalue weighted by molar-refractivity contribution is 0.474. The second-order valence-corrected chi connectivity index (χ2v) is 51.6. The van der Waals surface area contributed by atoms with Crippen LogP contribution in [0.4, 0.5) is 0 Å². The Morgan fingerprint density at radius 1 is 1.05 bits per heavy atom. The number of hydrogen-bond donors (Lipinski definition) is 0. The second-order valence-electron chi connectivity index (χ2n) is 5.37. The summed E-state index contributed by atoms with van der Waals surface area (Å²) >= 11 is 27.8. The molecule has 0 fully saturated rings. The highest BCUT2D eigenvalue weighted by Gasteiger charge is 2.67. The highest BCUT2D eigenvalue weighted by molar-refractivity contribution is 9.59. The third-order valence-corrected chi connectivity index (χ3v) is 93.8. The van der Waals surface area contributed by atoms with Gasteiger partial charge in [-0.1, -0.05) is 59.6 Å². The zero-order valence-corrected chi connectivity index (χ0v) is 24.8. The van der Waals surface area contributed by atoms with Crippen LogP contribution in [-0.2, 0) is 0 Å². The van der Waals surface area contributed by atoms with Crippen LogP contribution in [0.3, 0.4) is 0 Å². The van der Waals surface area contributed by atoms with E-state index in [2.05, 4.69) is 137 Å². The fourth-order valence-corrected chi connectivity index (χ4v) is 92.8. The monoisotopic (exact) mass is 757 g/mol. The van der Waals surface area contributed by atoms with E-state index in [0.717, 1.165) is 4.48 Å². The van der Waals surface area contributed by atoms with Gasteiger partial charge in [-0.3, -0.25) is 0 Å². The molecule has 1 heterocycles. The van der Waals surface area contributed by atoms with Gasteiger partial charge in [0.1, 0.15) is 6.55 Å². The van der Waals surface area contributed by atoms with Crippen molar-refractivity contribution in [3.63, 3.8) is 0 Å². The van der Waals surface area contributed by atoms with E-state index in [-0.39, 0.29) is 5.04 Å². The summed E-state index contributed by atoms with van der Waals surface area (Å²) in [5.41, 5.74) is -1.84. The van der Waals surface area contributed by atoms with Gasteiger partial charge in [-0.2, -0.15) is 0 Å². The van der Waals surface area contributed by atoms with Crippen molar-refractivity contribution >= 4 is 130 Å². The van der Waals surface area contributed by atoms with Crippen LogP contribution >= 0.6 is 109 Å². The molecule has 110 valence electrons. The van der Waals surface area contributed by atoms with E-state index in [4.69, 9.17) is 0 Å². The summed E-state index contributed by atoms with van der Waals surface area (Å²) in [5.74, 6) is 0.607. The summed E-state index contributed by atoms with van der Waals surface area (Å²) in [5, 5.41) is 0.246. The predicted octanol–water partition coefficient (Wildman–Crippen LogP) is 7.20. The lowest BCUT2D eigenvalue weighted by Gasteiger charge is -2.51. The van der Waals surface area contributed by atoms with Gasteiger partial charge in [-0.25, -0.2) is 0 Å². The lowest BCUT2D eigenvalue weighted by atomic mass is 9.99. The lowest BCUT2D eigenvalue weighted by Crippen LogP contribution is -2.67. The molecule has 0 saturated carbocycles.